The van der Waals surface area contributed by atoms with Crippen LogP contribution >= 0.6 is 19.6 Å². The van der Waals surface area contributed by atoms with Crippen LogP contribution < -0.4 is 74.2 Å². The summed E-state index contributed by atoms with van der Waals surface area (Å²) in [6, 6.07) is 0. The predicted octanol–water partition coefficient (Wildman–Crippen LogP) is -7.53. The third-order valence-electron chi connectivity index (χ3n) is 3.38. The molecule has 2 amide bonds. The first kappa shape index (κ1) is 33.7. The molecule has 0 fully saturated rings. The fourth-order valence-electron chi connectivity index (χ4n) is 1.71. The molecule has 2 N–H and O–H groups in total. The van der Waals surface area contributed by atoms with Crippen LogP contribution in [0.1, 0.15) is 27.2 Å². The maximum atomic E-state index is 11.9. The molecule has 0 saturated heterocycles. The molecule has 0 aromatic heterocycles. The van der Waals surface area contributed by atoms with Crippen LogP contribution in [0.5, 0.6) is 0 Å². The van der Waals surface area contributed by atoms with Crippen molar-refractivity contribution in [3.63, 3.8) is 0 Å². The largest absolute Gasteiger partial charge is 1.00 e. The Labute approximate surface area is 213 Å². The second kappa shape index (κ2) is 15.8. The van der Waals surface area contributed by atoms with E-state index in [1.165, 1.54) is 25.7 Å². The minimum Gasteiger partial charge on any atom is -0.790 e. The molecule has 0 bridgehead atoms. The number of nitrogens with zero attached hydrogens (tertiary/aromatic N) is 1. The summed E-state index contributed by atoms with van der Waals surface area (Å²) < 4.78 is 14.6. The Morgan fingerprint density at radius 1 is 1.29 bits per heavy atom. The van der Waals surface area contributed by atoms with Crippen molar-refractivity contribution < 1.29 is 97.5 Å². The molecular formula is C14H25N2Na2O8PS. The van der Waals surface area contributed by atoms with Crippen LogP contribution in [0.25, 0.3) is 0 Å². The number of thioether (sulfide) groups is 1. The monoisotopic (exact) mass is 458 g/mol. The molecule has 152 valence electrons. The summed E-state index contributed by atoms with van der Waals surface area (Å²) in [5.41, 5.74) is -1.32. The molecule has 0 aromatic rings. The SMILES string of the molecule is CC(=O)SCCN(C)C(=O)CCNC(=O)[C@H](O)C(C)(C)COP(=O)([O-])[O-].[Na+].[Na+]. The zero-order chi connectivity index (χ0) is 20.5. The number of phosphoric ester groups is 1. The predicted molar refractivity (Wildman–Crippen MR) is 91.7 cm³/mol. The van der Waals surface area contributed by atoms with E-state index in [1.807, 2.05) is 0 Å². The maximum absolute atomic E-state index is 11.9. The Balaban J connectivity index is -0.00000312. The van der Waals surface area contributed by atoms with Crippen LogP contribution in [0, 0.1) is 5.41 Å². The van der Waals surface area contributed by atoms with E-state index in [2.05, 4.69) is 9.84 Å². The van der Waals surface area contributed by atoms with Crippen molar-refractivity contribution >= 4 is 36.5 Å². The van der Waals surface area contributed by atoms with Crippen molar-refractivity contribution in [1.82, 2.24) is 10.2 Å². The van der Waals surface area contributed by atoms with Gasteiger partial charge in [0.2, 0.25) is 11.8 Å². The summed E-state index contributed by atoms with van der Waals surface area (Å²) in [6.45, 7) is 3.86. The van der Waals surface area contributed by atoms with Crippen molar-refractivity contribution in [2.75, 3.05) is 32.5 Å². The number of phosphoric acid groups is 1. The molecule has 10 nitrogen and oxygen atoms in total. The minimum absolute atomic E-state index is 0. The van der Waals surface area contributed by atoms with Crippen LogP contribution in [0.2, 0.25) is 0 Å². The van der Waals surface area contributed by atoms with Crippen LogP contribution in [0.4, 0.5) is 0 Å². The van der Waals surface area contributed by atoms with E-state index in [1.54, 1.807) is 7.05 Å². The zero-order valence-electron chi connectivity index (χ0n) is 17.2. The molecule has 1 atom stereocenters. The molecule has 0 aromatic carbocycles. The van der Waals surface area contributed by atoms with Gasteiger partial charge >= 0.3 is 59.1 Å². The van der Waals surface area contributed by atoms with E-state index in [0.29, 0.717) is 12.3 Å². The summed E-state index contributed by atoms with van der Waals surface area (Å²) in [5, 5.41) is 12.3. The van der Waals surface area contributed by atoms with Crippen LogP contribution in [-0.2, 0) is 23.5 Å². The number of amides is 2. The summed E-state index contributed by atoms with van der Waals surface area (Å²) in [4.78, 5) is 57.0. The van der Waals surface area contributed by atoms with E-state index < -0.39 is 31.9 Å². The molecule has 0 radical (unpaired) electrons. The number of aliphatic hydroxyl groups is 1. The molecular weight excluding hydrogens is 433 g/mol. The topological polar surface area (TPSA) is 159 Å². The van der Waals surface area contributed by atoms with Crippen LogP contribution in [0.3, 0.4) is 0 Å². The number of aliphatic hydroxyl groups excluding tert-OH is 1. The van der Waals surface area contributed by atoms with Crippen molar-refractivity contribution in [3.8, 4) is 0 Å². The zero-order valence-corrected chi connectivity index (χ0v) is 22.9. The second-order valence-corrected chi connectivity index (χ2v) is 8.73. The van der Waals surface area contributed by atoms with Gasteiger partial charge in [0.25, 0.3) is 0 Å². The molecule has 0 aliphatic carbocycles. The van der Waals surface area contributed by atoms with Gasteiger partial charge in [-0.1, -0.05) is 25.6 Å². The Bertz CT molecular complexity index is 561. The average Bonchev–Trinajstić information content (AvgIpc) is 2.50. The van der Waals surface area contributed by atoms with Crippen LogP contribution in [0.15, 0.2) is 0 Å². The van der Waals surface area contributed by atoms with Gasteiger partial charge in [-0.2, -0.15) is 0 Å². The molecule has 0 rings (SSSR count). The molecule has 0 aliphatic rings. The average molecular weight is 458 g/mol. The number of hydrogen-bond donors (Lipinski definition) is 2. The van der Waals surface area contributed by atoms with Gasteiger partial charge in [-0.3, -0.25) is 14.4 Å². The normalized spacial score (nSPS) is 12.2. The standard InChI is InChI=1S/C14H27N2O8PS.2Na/c1-10(17)26-8-7-16(4)11(18)5-6-15-13(20)12(19)14(2,3)9-24-25(21,22)23;;/h12,19H,5-9H2,1-4H3,(H,15,20)(H2,21,22,23);;/q;2*+1/p-2/t12-;;/m0../s1. The first-order valence-electron chi connectivity index (χ1n) is 7.76. The van der Waals surface area contributed by atoms with Gasteiger partial charge in [0.1, 0.15) is 6.10 Å². The Kier molecular flexibility index (Phi) is 19.0. The van der Waals surface area contributed by atoms with E-state index in [0.717, 1.165) is 11.8 Å². The van der Waals surface area contributed by atoms with E-state index >= 15 is 0 Å². The first-order chi connectivity index (χ1) is 11.8. The van der Waals surface area contributed by atoms with Crippen molar-refractivity contribution in [2.24, 2.45) is 5.41 Å². The van der Waals surface area contributed by atoms with Gasteiger partial charge in [0.15, 0.2) is 5.12 Å². The van der Waals surface area contributed by atoms with Crippen LogP contribution in [-0.4, -0.2) is 65.5 Å². The summed E-state index contributed by atoms with van der Waals surface area (Å²) in [6.07, 6.45) is -1.64. The second-order valence-electron chi connectivity index (χ2n) is 6.31. The number of hydrogen-bond acceptors (Lipinski definition) is 9. The minimum atomic E-state index is -5.21. The fraction of sp³-hybridized carbons (Fsp3) is 0.786. The quantitative estimate of drug-likeness (QED) is 0.227. The molecule has 0 aliphatic heterocycles. The number of carbonyl (C=O) groups is 3. The molecule has 28 heavy (non-hydrogen) atoms. The molecule has 0 spiro atoms. The molecule has 14 heteroatoms. The van der Waals surface area contributed by atoms with E-state index in [4.69, 9.17) is 0 Å². The van der Waals surface area contributed by atoms with Crippen molar-refractivity contribution in [3.05, 3.63) is 0 Å². The maximum Gasteiger partial charge on any atom is 1.00 e. The summed E-state index contributed by atoms with van der Waals surface area (Å²) in [5.74, 6) is -0.585. The van der Waals surface area contributed by atoms with Gasteiger partial charge in [0, 0.05) is 44.6 Å². The van der Waals surface area contributed by atoms with Gasteiger partial charge in [-0.05, 0) is 0 Å². The number of nitrogens with one attached hydrogen (secondary N) is 1. The molecule has 0 heterocycles. The van der Waals surface area contributed by atoms with Gasteiger partial charge < -0.3 is 34.2 Å². The Hall–Kier alpha value is 1.03. The first-order valence-corrected chi connectivity index (χ1v) is 10.2. The summed E-state index contributed by atoms with van der Waals surface area (Å²) >= 11 is 1.11. The molecule has 0 unspecified atom stereocenters. The van der Waals surface area contributed by atoms with E-state index in [9.17, 15) is 33.8 Å². The summed E-state index contributed by atoms with van der Waals surface area (Å²) in [7, 11) is -3.64. The Morgan fingerprint density at radius 3 is 2.29 bits per heavy atom. The van der Waals surface area contributed by atoms with Gasteiger partial charge in [-0.15, -0.1) is 0 Å². The third kappa shape index (κ3) is 15.8. The van der Waals surface area contributed by atoms with Gasteiger partial charge in [-0.25, -0.2) is 0 Å². The molecule has 0 saturated carbocycles. The van der Waals surface area contributed by atoms with Crippen molar-refractivity contribution in [2.45, 2.75) is 33.3 Å². The smallest absolute Gasteiger partial charge is 0.790 e. The Morgan fingerprint density at radius 2 is 1.82 bits per heavy atom. The van der Waals surface area contributed by atoms with E-state index in [-0.39, 0.29) is 83.1 Å². The number of rotatable bonds is 11. The van der Waals surface area contributed by atoms with Crippen molar-refractivity contribution in [1.29, 1.82) is 0 Å². The van der Waals surface area contributed by atoms with Gasteiger partial charge in [0.05, 0.1) is 14.4 Å². The fourth-order valence-corrected chi connectivity index (χ4v) is 2.85. The third-order valence-corrected chi connectivity index (χ3v) is 4.62. The number of carbonyl (C=O) groups excluding carboxylic acids is 3.